The van der Waals surface area contributed by atoms with Crippen LogP contribution in [0, 0.1) is 30.9 Å². The van der Waals surface area contributed by atoms with Crippen molar-refractivity contribution in [2.45, 2.75) is 20.8 Å². The molecule has 0 atom stereocenters. The summed E-state index contributed by atoms with van der Waals surface area (Å²) in [6, 6.07) is 20.2. The van der Waals surface area contributed by atoms with Gasteiger partial charge >= 0.3 is 5.69 Å². The van der Waals surface area contributed by atoms with Gasteiger partial charge in [-0.1, -0.05) is 64.9 Å². The van der Waals surface area contributed by atoms with Gasteiger partial charge in [0.15, 0.2) is 23.0 Å². The number of carbonyl (C=O) groups is 5. The molecule has 2 fully saturated rings. The molecule has 4 amide bonds. The number of hydrogen-bond donors (Lipinski definition) is 5. The number of aromatic nitrogens is 3. The largest absolute Gasteiger partial charge is 0.504 e. The highest BCUT2D eigenvalue weighted by Gasteiger charge is 2.36. The number of phenolic OH excluding ortho intramolecular Hbond substituents is 2. The quantitative estimate of drug-likeness (QED) is 0.0507. The van der Waals surface area contributed by atoms with Crippen LogP contribution >= 0.6 is 22.9 Å². The summed E-state index contributed by atoms with van der Waals surface area (Å²) < 4.78 is 11.4. The molecule has 2 aromatic heterocycles. The van der Waals surface area contributed by atoms with E-state index in [4.69, 9.17) is 26.8 Å². The van der Waals surface area contributed by atoms with Gasteiger partial charge in [0, 0.05) is 11.1 Å². The number of rotatable bonds is 8. The van der Waals surface area contributed by atoms with Crippen molar-refractivity contribution in [1.82, 2.24) is 25.4 Å². The van der Waals surface area contributed by atoms with Crippen LogP contribution in [0.25, 0.3) is 23.2 Å². The number of phenols is 2. The molecule has 2 aliphatic heterocycles. The lowest BCUT2D eigenvalue weighted by molar-refractivity contribution is -0.385. The van der Waals surface area contributed by atoms with Crippen LogP contribution in [-0.4, -0.2) is 73.4 Å². The maximum absolute atomic E-state index is 12.6. The number of nitro benzene ring substituents is 1. The Morgan fingerprint density at radius 1 is 0.764 bits per heavy atom. The molecule has 6 N–H and O–H groups in total. The zero-order valence-corrected chi connectivity index (χ0v) is 40.1. The lowest BCUT2D eigenvalue weighted by Crippen LogP contribution is -2.35. The Kier molecular flexibility index (Phi) is 14.8. The number of nitrogen functional groups attached to an aromatic ring is 1. The normalized spacial score (nSPS) is 15.8. The first-order chi connectivity index (χ1) is 34.3. The third-order valence-electron chi connectivity index (χ3n) is 10.6. The van der Waals surface area contributed by atoms with Gasteiger partial charge in [0.05, 0.1) is 36.1 Å². The van der Waals surface area contributed by atoms with Gasteiger partial charge in [-0.05, 0) is 116 Å². The molecule has 0 saturated carbocycles. The number of ether oxygens (including phenoxy) is 2. The molecule has 0 bridgehead atoms. The number of benzene rings is 4. The zero-order valence-electron chi connectivity index (χ0n) is 38.5. The number of hydrogen-bond acceptors (Lipinski definition) is 16. The van der Waals surface area contributed by atoms with Crippen molar-refractivity contribution in [1.29, 1.82) is 0 Å². The molecule has 366 valence electrons. The second-order valence-corrected chi connectivity index (χ2v) is 17.1. The first-order valence-corrected chi connectivity index (χ1v) is 22.2. The maximum Gasteiger partial charge on any atom is 0.311 e. The number of aromatic hydroxyl groups is 2. The molecule has 72 heavy (non-hydrogen) atoms. The van der Waals surface area contributed by atoms with Crippen LogP contribution in [0.2, 0.25) is 5.02 Å². The van der Waals surface area contributed by atoms with E-state index >= 15 is 0 Å². The molecule has 21 nitrogen and oxygen atoms in total. The molecule has 4 heterocycles. The first kappa shape index (κ1) is 50.5. The van der Waals surface area contributed by atoms with Crippen molar-refractivity contribution < 1.29 is 48.6 Å². The third kappa shape index (κ3) is 10.9. The van der Waals surface area contributed by atoms with Crippen LogP contribution in [0.4, 0.5) is 22.9 Å². The summed E-state index contributed by atoms with van der Waals surface area (Å²) in [6.07, 6.45) is 8.76. The highest BCUT2D eigenvalue weighted by molar-refractivity contribution is 7.16. The summed E-state index contributed by atoms with van der Waals surface area (Å²) in [5.74, 6) is -2.26. The Bertz CT molecular complexity index is 3480. The molecule has 3 aliphatic rings. The number of nitrogens with zero attached hydrogens (tertiary/aromatic N) is 6. The number of nitro groups is 1. The molecule has 23 heteroatoms. The van der Waals surface area contributed by atoms with E-state index in [0.29, 0.717) is 32.5 Å². The minimum Gasteiger partial charge on any atom is -0.504 e. The predicted molar refractivity (Wildman–Crippen MR) is 267 cm³/mol. The summed E-state index contributed by atoms with van der Waals surface area (Å²) in [5.41, 5.74) is 14.4. The average Bonchev–Trinajstić information content (AvgIpc) is 3.97. The third-order valence-corrected chi connectivity index (χ3v) is 11.8. The predicted octanol–water partition coefficient (Wildman–Crippen LogP) is 5.99. The van der Waals surface area contributed by atoms with Crippen LogP contribution in [0.1, 0.15) is 32.8 Å². The van der Waals surface area contributed by atoms with E-state index in [-0.39, 0.29) is 51.1 Å². The molecule has 0 radical (unpaired) electrons. The lowest BCUT2D eigenvalue weighted by Gasteiger charge is -2.15. The monoisotopic (exact) mass is 1010 g/mol. The van der Waals surface area contributed by atoms with Crippen molar-refractivity contribution in [3.05, 3.63) is 178 Å². The van der Waals surface area contributed by atoms with Gasteiger partial charge in [-0.3, -0.25) is 49.7 Å². The van der Waals surface area contributed by atoms with Gasteiger partial charge in [-0.25, -0.2) is 10.0 Å². The van der Waals surface area contributed by atoms with Gasteiger partial charge in [0.1, 0.15) is 22.0 Å². The minimum absolute atomic E-state index is 0.0237. The van der Waals surface area contributed by atoms with Crippen molar-refractivity contribution in [3.8, 4) is 17.2 Å². The van der Waals surface area contributed by atoms with E-state index in [1.807, 2.05) is 20.8 Å². The number of amides is 4. The number of nitrogens with two attached hydrogens (primary N) is 1. The number of hydrazine groups is 2. The topological polar surface area (TPSA) is 291 Å². The van der Waals surface area contributed by atoms with Crippen LogP contribution in [0.15, 0.2) is 124 Å². The van der Waals surface area contributed by atoms with Gasteiger partial charge in [0.2, 0.25) is 10.7 Å². The Hall–Kier alpha value is -9.41. The van der Waals surface area contributed by atoms with Gasteiger partial charge < -0.3 is 25.4 Å². The Balaban J connectivity index is 0.000000159. The van der Waals surface area contributed by atoms with Crippen molar-refractivity contribution >= 4 is 98.4 Å². The maximum atomic E-state index is 12.6. The van der Waals surface area contributed by atoms with Crippen LogP contribution < -0.4 is 36.9 Å². The van der Waals surface area contributed by atoms with Crippen molar-refractivity contribution in [2.24, 2.45) is 0 Å². The van der Waals surface area contributed by atoms with Crippen molar-refractivity contribution in [3.63, 3.8) is 0 Å². The fraction of sp³-hybridized carbons (Fsp3) is 0.102. The summed E-state index contributed by atoms with van der Waals surface area (Å²) in [4.78, 5) is 87.6. The Morgan fingerprint density at radius 3 is 1.96 bits per heavy atom. The number of aryl methyl sites for hydroxylation is 3. The molecule has 1 aliphatic carbocycles. The SMILES string of the molecule is COC1=CC(=Cc2c(N)n3nc(C)sc3nc2=O)C=CC1=O.COc1cc(/C=C2/C(=O)NN(c3ccc(C)c(Cl)c3)C2=O)ccc1O.Cc1ccc(N2NC(=O)/C(=C/c3ccc(O)c([N+](=O)[O-])c3)C2=O)cc1. The van der Waals surface area contributed by atoms with E-state index in [1.54, 1.807) is 66.8 Å². The molecule has 0 spiro atoms. The fourth-order valence-electron chi connectivity index (χ4n) is 6.84. The number of ketones is 1. The lowest BCUT2D eigenvalue weighted by atomic mass is 10.0. The number of methoxy groups -OCH3 is 2. The average molecular weight is 1010 g/mol. The van der Waals surface area contributed by atoms with E-state index in [9.17, 15) is 49.1 Å². The van der Waals surface area contributed by atoms with E-state index in [1.165, 1.54) is 66.5 Å². The number of nitrogens with one attached hydrogen (secondary N) is 2. The first-order valence-electron chi connectivity index (χ1n) is 21.0. The number of anilines is 3. The van der Waals surface area contributed by atoms with E-state index < -0.39 is 45.5 Å². The summed E-state index contributed by atoms with van der Waals surface area (Å²) in [7, 11) is 2.83. The summed E-state index contributed by atoms with van der Waals surface area (Å²) in [5, 5.41) is 37.7. The fourth-order valence-corrected chi connectivity index (χ4v) is 7.76. The van der Waals surface area contributed by atoms with Crippen LogP contribution in [-0.2, 0) is 28.7 Å². The number of halogens is 1. The summed E-state index contributed by atoms with van der Waals surface area (Å²) in [6.45, 7) is 5.56. The van der Waals surface area contributed by atoms with E-state index in [0.717, 1.165) is 38.3 Å². The molecule has 9 rings (SSSR count). The van der Waals surface area contributed by atoms with Gasteiger partial charge in [0.25, 0.3) is 29.2 Å². The second kappa shape index (κ2) is 21.1. The molecule has 2 saturated heterocycles. The number of allylic oxidation sites excluding steroid dienone is 4. The highest BCUT2D eigenvalue weighted by atomic mass is 35.5. The molecule has 6 aromatic rings. The number of fused-ring (bicyclic) bond motifs is 1. The highest BCUT2D eigenvalue weighted by Crippen LogP contribution is 2.31. The van der Waals surface area contributed by atoms with Gasteiger partial charge in [-0.15, -0.1) is 0 Å². The standard InChI is InChI=1S/C18H15ClN2O4.C17H13N3O5.C14H12N4O3S/c1-10-3-5-12(9-14(10)19)21-18(24)13(17(23)20-21)7-11-4-6-15(22)16(8-11)25-2;1-10-2-5-12(6-3-10)19-17(23)13(16(22)18-19)8-11-4-7-15(21)14(9-11)20(24)25;1-7-17-18-12(15)9(13(20)16-14(18)22-7)5-8-3-4-10(19)11(6-8)21-2/h3-9,22H,1-2H3,(H,20,23);2-9,21H,1H3,(H,18,22);3-6H,15H2,1-2H3/b13-7-;13-8-;. The molecular weight excluding hydrogens is 974 g/mol. The van der Waals surface area contributed by atoms with Crippen LogP contribution in [0.5, 0.6) is 17.2 Å². The zero-order chi connectivity index (χ0) is 52.1. The summed E-state index contributed by atoms with van der Waals surface area (Å²) >= 11 is 7.38. The van der Waals surface area contributed by atoms with Gasteiger partial charge in [-0.2, -0.15) is 14.6 Å². The van der Waals surface area contributed by atoms with Crippen molar-refractivity contribution in [2.75, 3.05) is 30.0 Å². The second-order valence-electron chi connectivity index (χ2n) is 15.6. The molecular formula is C49H40ClN9O12S. The Morgan fingerprint density at radius 2 is 1.36 bits per heavy atom. The smallest absolute Gasteiger partial charge is 0.311 e. The van der Waals surface area contributed by atoms with E-state index in [2.05, 4.69) is 20.9 Å². The molecule has 0 unspecified atom stereocenters. The molecule has 4 aromatic carbocycles. The van der Waals surface area contributed by atoms with Crippen LogP contribution in [0.3, 0.4) is 0 Å². The minimum atomic E-state index is -0.744. The Labute approximate surface area is 416 Å². The number of carbonyl (C=O) groups excluding carboxylic acids is 5.